The van der Waals surface area contributed by atoms with E-state index >= 15 is 0 Å². The van der Waals surface area contributed by atoms with Gasteiger partial charge in [-0.3, -0.25) is 0 Å². The molecule has 0 radical (unpaired) electrons. The van der Waals surface area contributed by atoms with Crippen molar-refractivity contribution in [3.05, 3.63) is 178 Å². The number of aromatic hydroxyl groups is 2. The van der Waals surface area contributed by atoms with Crippen LogP contribution in [0.15, 0.2) is 122 Å². The van der Waals surface area contributed by atoms with Gasteiger partial charge in [-0.05, 0) is 115 Å². The molecule has 54 heavy (non-hydrogen) atoms. The van der Waals surface area contributed by atoms with Crippen LogP contribution < -0.4 is 9.47 Å². The summed E-state index contributed by atoms with van der Waals surface area (Å²) in [7, 11) is 0. The molecule has 0 heterocycles. The van der Waals surface area contributed by atoms with Crippen LogP contribution in [0.1, 0.15) is 82.3 Å². The lowest BCUT2D eigenvalue weighted by Gasteiger charge is -2.21. The number of hydrogen-bond donors (Lipinski definition) is 2. The Balaban J connectivity index is 1.46. The highest BCUT2D eigenvalue weighted by molar-refractivity contribution is 5.72. The van der Waals surface area contributed by atoms with Crippen molar-refractivity contribution in [2.24, 2.45) is 0 Å². The van der Waals surface area contributed by atoms with Crippen LogP contribution in [0.5, 0.6) is 23.0 Å². The Kier molecular flexibility index (Phi) is 11.0. The van der Waals surface area contributed by atoms with Gasteiger partial charge in [0, 0.05) is 25.7 Å². The molecule has 0 unspecified atom stereocenters. The van der Waals surface area contributed by atoms with E-state index in [2.05, 4.69) is 136 Å². The van der Waals surface area contributed by atoms with Crippen molar-refractivity contribution >= 4 is 12.2 Å². The maximum atomic E-state index is 12.1. The number of benzene rings is 6. The van der Waals surface area contributed by atoms with E-state index < -0.39 is 0 Å². The quantitative estimate of drug-likeness (QED) is 0.148. The molecule has 0 atom stereocenters. The van der Waals surface area contributed by atoms with Gasteiger partial charge in [0.2, 0.25) is 0 Å². The van der Waals surface area contributed by atoms with Crippen molar-refractivity contribution < 1.29 is 19.7 Å². The van der Waals surface area contributed by atoms with Gasteiger partial charge in [-0.25, -0.2) is 0 Å². The van der Waals surface area contributed by atoms with Crippen LogP contribution in [0.2, 0.25) is 0 Å². The Morgan fingerprint density at radius 2 is 0.778 bits per heavy atom. The number of hydrogen-bond acceptors (Lipinski definition) is 4. The van der Waals surface area contributed by atoms with Gasteiger partial charge in [-0.1, -0.05) is 124 Å². The van der Waals surface area contributed by atoms with Crippen molar-refractivity contribution in [2.45, 2.75) is 52.4 Å². The summed E-state index contributed by atoms with van der Waals surface area (Å²) < 4.78 is 13.1. The summed E-state index contributed by atoms with van der Waals surface area (Å²) in [5.74, 6) is 2.16. The summed E-state index contributed by atoms with van der Waals surface area (Å²) in [6, 6.07) is 37.6. The maximum absolute atomic E-state index is 12.1. The second kappa shape index (κ2) is 16.3. The van der Waals surface area contributed by atoms with E-state index in [1.807, 2.05) is 12.2 Å². The highest BCUT2D eigenvalue weighted by Crippen LogP contribution is 2.41. The Labute approximate surface area is 319 Å². The molecule has 6 aromatic carbocycles. The fourth-order valence-electron chi connectivity index (χ4n) is 7.45. The Morgan fingerprint density at radius 3 is 1.06 bits per heavy atom. The molecule has 4 heteroatoms. The van der Waals surface area contributed by atoms with E-state index in [0.717, 1.165) is 102 Å². The lowest BCUT2D eigenvalue weighted by atomic mass is 9.88. The monoisotopic (exact) mass is 712 g/mol. The fourth-order valence-corrected chi connectivity index (χ4v) is 7.45. The molecule has 7 rings (SSSR count). The van der Waals surface area contributed by atoms with Crippen molar-refractivity contribution in [2.75, 3.05) is 13.2 Å². The summed E-state index contributed by atoms with van der Waals surface area (Å²) in [6.45, 7) is 13.2. The molecule has 2 N–H and O–H groups in total. The molecular weight excluding hydrogens is 665 g/mol. The summed E-state index contributed by atoms with van der Waals surface area (Å²) in [5, 5.41) is 24.2. The predicted octanol–water partition coefficient (Wildman–Crippen LogP) is 12.0. The molecule has 8 bridgehead atoms. The van der Waals surface area contributed by atoms with Gasteiger partial charge in [0.05, 0.1) is 13.2 Å². The molecular formula is C50H48O4. The fraction of sp³-hybridized carbons (Fsp3) is 0.200. The highest BCUT2D eigenvalue weighted by atomic mass is 16.5. The molecule has 0 amide bonds. The first-order chi connectivity index (χ1) is 26.4. The van der Waals surface area contributed by atoms with Crippen LogP contribution >= 0.6 is 0 Å². The summed E-state index contributed by atoms with van der Waals surface area (Å²) >= 11 is 0. The zero-order valence-electron chi connectivity index (χ0n) is 31.3. The van der Waals surface area contributed by atoms with Crippen LogP contribution in [0.4, 0.5) is 0 Å². The topological polar surface area (TPSA) is 58.9 Å². The van der Waals surface area contributed by atoms with Crippen LogP contribution in [0.25, 0.3) is 34.4 Å². The van der Waals surface area contributed by atoms with E-state index in [9.17, 15) is 10.2 Å². The molecule has 0 aromatic heterocycles. The van der Waals surface area contributed by atoms with Crippen molar-refractivity contribution in [1.82, 2.24) is 0 Å². The zero-order chi connectivity index (χ0) is 37.6. The Hall–Kier alpha value is -6.00. The van der Waals surface area contributed by atoms with Crippen molar-refractivity contribution in [3.63, 3.8) is 0 Å². The van der Waals surface area contributed by atoms with Crippen LogP contribution in [-0.4, -0.2) is 23.4 Å². The summed E-state index contributed by atoms with van der Waals surface area (Å²) in [4.78, 5) is 0. The third-order valence-corrected chi connectivity index (χ3v) is 10.3. The van der Waals surface area contributed by atoms with E-state index in [1.165, 1.54) is 0 Å². The number of phenols is 2. The summed E-state index contributed by atoms with van der Waals surface area (Å²) in [6.07, 6.45) is 7.27. The number of fused-ring (bicyclic) bond motifs is 8. The minimum Gasteiger partial charge on any atom is -0.507 e. The maximum Gasteiger partial charge on any atom is 0.126 e. The van der Waals surface area contributed by atoms with Gasteiger partial charge < -0.3 is 19.7 Å². The molecule has 4 nitrogen and oxygen atoms in total. The highest BCUT2D eigenvalue weighted by Gasteiger charge is 2.22. The second-order valence-electron chi connectivity index (χ2n) is 14.2. The minimum absolute atomic E-state index is 0.280. The lowest BCUT2D eigenvalue weighted by Crippen LogP contribution is -2.07. The number of ether oxygens (including phenoxy) is 2. The first-order valence-electron chi connectivity index (χ1n) is 19.0. The van der Waals surface area contributed by atoms with Gasteiger partial charge in [-0.2, -0.15) is 0 Å². The predicted molar refractivity (Wildman–Crippen MR) is 223 cm³/mol. The van der Waals surface area contributed by atoms with Crippen molar-refractivity contribution in [3.8, 4) is 45.3 Å². The molecule has 0 fully saturated rings. The first kappa shape index (κ1) is 36.4. The van der Waals surface area contributed by atoms with E-state index in [1.54, 1.807) is 0 Å². The molecule has 1 aliphatic carbocycles. The first-order valence-corrected chi connectivity index (χ1v) is 19.0. The number of para-hydroxylation sites is 2. The molecule has 0 spiro atoms. The minimum atomic E-state index is 0.280. The smallest absolute Gasteiger partial charge is 0.126 e. The lowest BCUT2D eigenvalue weighted by molar-refractivity contribution is 0.311. The standard InChI is InChI=1S/C50H48O4/c1-5-23-53-49-37-11-9-12-38(49)26-44-30-42(36-21-17-34(8-4)18-22-36)32-46(48(44)52)28-40-14-10-13-39(50(40)54-24-6-2)27-45-31-41(29-43(25-37)47(45)51)35-19-15-33(7-3)16-20-35/h7-22,29-32,51-52H,3-6,23-28H2,1-2H3. The number of rotatable bonds is 10. The van der Waals surface area contributed by atoms with Gasteiger partial charge >= 0.3 is 0 Å². The average molecular weight is 713 g/mol. The Morgan fingerprint density at radius 1 is 0.463 bits per heavy atom. The molecule has 1 aliphatic rings. The van der Waals surface area contributed by atoms with E-state index in [-0.39, 0.29) is 11.5 Å². The van der Waals surface area contributed by atoms with Gasteiger partial charge in [0.25, 0.3) is 0 Å². The van der Waals surface area contributed by atoms with Gasteiger partial charge in [-0.15, -0.1) is 0 Å². The van der Waals surface area contributed by atoms with Crippen LogP contribution in [0, 0.1) is 0 Å². The largest absolute Gasteiger partial charge is 0.507 e. The van der Waals surface area contributed by atoms with E-state index in [0.29, 0.717) is 38.9 Å². The van der Waals surface area contributed by atoms with Gasteiger partial charge in [0.1, 0.15) is 23.0 Å². The molecule has 272 valence electrons. The van der Waals surface area contributed by atoms with E-state index in [4.69, 9.17) is 9.47 Å². The normalized spacial score (nSPS) is 12.2. The second-order valence-corrected chi connectivity index (χ2v) is 14.2. The van der Waals surface area contributed by atoms with Crippen LogP contribution in [0.3, 0.4) is 0 Å². The molecule has 0 aliphatic heterocycles. The average Bonchev–Trinajstić information content (AvgIpc) is 3.20. The van der Waals surface area contributed by atoms with Crippen LogP contribution in [-0.2, 0) is 25.7 Å². The molecule has 0 saturated carbocycles. The SMILES string of the molecule is C=Cc1ccc(-c2cc3c(O)c(c2)Cc2cccc(c2OCCC)Cc2cc(-c4ccc(C=C)cc4)cc(c2O)Cc2cccc(c2OCCC)C3)cc1. The Bertz CT molecular complexity index is 2040. The van der Waals surface area contributed by atoms with Gasteiger partial charge in [0.15, 0.2) is 0 Å². The number of phenolic OH excluding ortho intramolecular Hbond substituents is 2. The molecule has 6 aromatic rings. The molecule has 0 saturated heterocycles. The third-order valence-electron chi connectivity index (χ3n) is 10.3. The van der Waals surface area contributed by atoms with Crippen molar-refractivity contribution in [1.29, 1.82) is 0 Å². The zero-order valence-corrected chi connectivity index (χ0v) is 31.3. The summed E-state index contributed by atoms with van der Waals surface area (Å²) in [5.41, 5.74) is 13.5. The third kappa shape index (κ3) is 7.70.